The number of carbonyl (C=O) groups excluding carboxylic acids is 1. The Morgan fingerprint density at radius 2 is 1.94 bits per heavy atom. The summed E-state index contributed by atoms with van der Waals surface area (Å²) in [4.78, 5) is 11.8. The van der Waals surface area contributed by atoms with Gasteiger partial charge in [0.2, 0.25) is 5.78 Å². The summed E-state index contributed by atoms with van der Waals surface area (Å²) in [6, 6.07) is 6.78. The highest BCUT2D eigenvalue weighted by Crippen LogP contribution is 2.13. The Hall–Kier alpha value is -2.15. The molecule has 0 aliphatic carbocycles. The lowest BCUT2D eigenvalue weighted by Crippen LogP contribution is -2.05. The van der Waals surface area contributed by atoms with Gasteiger partial charge in [-0.15, -0.1) is 0 Å². The molecule has 0 amide bonds. The Kier molecular flexibility index (Phi) is 3.78. The molecule has 1 aromatic carbocycles. The molecule has 82 valence electrons. The van der Waals surface area contributed by atoms with Gasteiger partial charge in [-0.25, -0.2) is 4.39 Å². The van der Waals surface area contributed by atoms with E-state index >= 15 is 0 Å². The number of benzene rings is 1. The van der Waals surface area contributed by atoms with Crippen molar-refractivity contribution in [2.24, 2.45) is 0 Å². The minimum atomic E-state index is -0.471. The molecule has 0 atom stereocenters. The quantitative estimate of drug-likeness (QED) is 0.339. The standard InChI is InChI=1S/C12H10FNO2/c1-8(16-2)11(7-14)12(15)9-3-5-10(13)6-4-9/h3-6H,1-2H3/b11-8+. The lowest BCUT2D eigenvalue weighted by Gasteiger charge is -2.03. The zero-order chi connectivity index (χ0) is 12.1. The largest absolute Gasteiger partial charge is 0.500 e. The number of hydrogen-bond acceptors (Lipinski definition) is 3. The molecule has 0 aromatic heterocycles. The van der Waals surface area contributed by atoms with Crippen LogP contribution in [0.1, 0.15) is 17.3 Å². The molecule has 0 spiro atoms. The number of hydrogen-bond donors (Lipinski definition) is 0. The van der Waals surface area contributed by atoms with Gasteiger partial charge in [-0.1, -0.05) is 0 Å². The molecule has 3 nitrogen and oxygen atoms in total. The van der Waals surface area contributed by atoms with Gasteiger partial charge < -0.3 is 4.74 Å². The summed E-state index contributed by atoms with van der Waals surface area (Å²) in [5, 5.41) is 8.83. The first-order valence-electron chi connectivity index (χ1n) is 4.55. The molecule has 0 aliphatic rings. The fourth-order valence-corrected chi connectivity index (χ4v) is 1.14. The molecule has 0 saturated carbocycles. The van der Waals surface area contributed by atoms with Gasteiger partial charge in [-0.3, -0.25) is 4.79 Å². The van der Waals surface area contributed by atoms with E-state index in [-0.39, 0.29) is 16.9 Å². The molecular formula is C12H10FNO2. The van der Waals surface area contributed by atoms with Gasteiger partial charge in [0.15, 0.2) is 0 Å². The van der Waals surface area contributed by atoms with E-state index in [0.29, 0.717) is 0 Å². The van der Waals surface area contributed by atoms with Crippen molar-refractivity contribution in [2.75, 3.05) is 7.11 Å². The van der Waals surface area contributed by atoms with Gasteiger partial charge in [-0.2, -0.15) is 5.26 Å². The lowest BCUT2D eigenvalue weighted by atomic mass is 10.0. The van der Waals surface area contributed by atoms with Crippen molar-refractivity contribution >= 4 is 5.78 Å². The van der Waals surface area contributed by atoms with Crippen LogP contribution in [-0.4, -0.2) is 12.9 Å². The van der Waals surface area contributed by atoms with E-state index in [1.165, 1.54) is 38.3 Å². The number of ether oxygens (including phenoxy) is 1. The third-order valence-electron chi connectivity index (χ3n) is 2.10. The molecule has 0 aliphatic heterocycles. The second-order valence-electron chi connectivity index (χ2n) is 3.08. The molecule has 0 heterocycles. The second kappa shape index (κ2) is 5.08. The molecule has 16 heavy (non-hydrogen) atoms. The number of nitrogens with zero attached hydrogens (tertiary/aromatic N) is 1. The summed E-state index contributed by atoms with van der Waals surface area (Å²) >= 11 is 0. The number of nitriles is 1. The number of rotatable bonds is 3. The van der Waals surface area contributed by atoms with E-state index in [1.54, 1.807) is 6.07 Å². The Morgan fingerprint density at radius 3 is 2.38 bits per heavy atom. The van der Waals surface area contributed by atoms with E-state index < -0.39 is 11.6 Å². The van der Waals surface area contributed by atoms with Crippen LogP contribution in [0.4, 0.5) is 4.39 Å². The molecule has 4 heteroatoms. The minimum Gasteiger partial charge on any atom is -0.500 e. The minimum absolute atomic E-state index is 0.0749. The molecule has 0 saturated heterocycles. The van der Waals surface area contributed by atoms with E-state index in [9.17, 15) is 9.18 Å². The highest BCUT2D eigenvalue weighted by atomic mass is 19.1. The van der Waals surface area contributed by atoms with Crippen molar-refractivity contribution in [2.45, 2.75) is 6.92 Å². The third kappa shape index (κ3) is 2.45. The number of ketones is 1. The molecule has 0 unspecified atom stereocenters. The first-order valence-corrected chi connectivity index (χ1v) is 4.55. The van der Waals surface area contributed by atoms with Crippen molar-refractivity contribution < 1.29 is 13.9 Å². The Morgan fingerprint density at radius 1 is 1.38 bits per heavy atom. The molecule has 1 aromatic rings. The maximum atomic E-state index is 12.6. The van der Waals surface area contributed by atoms with Crippen LogP contribution in [0.15, 0.2) is 35.6 Å². The van der Waals surface area contributed by atoms with Gasteiger partial charge in [0, 0.05) is 5.56 Å². The van der Waals surface area contributed by atoms with Crippen LogP contribution in [-0.2, 0) is 4.74 Å². The van der Waals surface area contributed by atoms with Crippen molar-refractivity contribution in [1.82, 2.24) is 0 Å². The van der Waals surface area contributed by atoms with Crippen LogP contribution in [0.25, 0.3) is 0 Å². The molecule has 0 N–H and O–H groups in total. The molecule has 0 radical (unpaired) electrons. The first-order chi connectivity index (χ1) is 7.60. The maximum absolute atomic E-state index is 12.6. The van der Waals surface area contributed by atoms with E-state index in [2.05, 4.69) is 0 Å². The lowest BCUT2D eigenvalue weighted by molar-refractivity contribution is 0.103. The average Bonchev–Trinajstić information content (AvgIpc) is 2.30. The molecule has 0 fully saturated rings. The second-order valence-corrected chi connectivity index (χ2v) is 3.08. The zero-order valence-electron chi connectivity index (χ0n) is 8.95. The fraction of sp³-hybridized carbons (Fsp3) is 0.167. The summed E-state index contributed by atoms with van der Waals surface area (Å²) in [5.41, 5.74) is 0.184. The first kappa shape index (κ1) is 11.9. The van der Waals surface area contributed by atoms with E-state index in [4.69, 9.17) is 10.00 Å². The topological polar surface area (TPSA) is 50.1 Å². The highest BCUT2D eigenvalue weighted by molar-refractivity contribution is 6.11. The summed E-state index contributed by atoms with van der Waals surface area (Å²) in [7, 11) is 1.38. The smallest absolute Gasteiger partial charge is 0.206 e. The summed E-state index contributed by atoms with van der Waals surface area (Å²) in [6.07, 6.45) is 0. The van der Waals surface area contributed by atoms with Crippen LogP contribution in [0, 0.1) is 17.1 Å². The van der Waals surface area contributed by atoms with Gasteiger partial charge >= 0.3 is 0 Å². The van der Waals surface area contributed by atoms with Crippen LogP contribution >= 0.6 is 0 Å². The van der Waals surface area contributed by atoms with Crippen LogP contribution in [0.5, 0.6) is 0 Å². The number of carbonyl (C=O) groups is 1. The van der Waals surface area contributed by atoms with Crippen molar-refractivity contribution in [1.29, 1.82) is 5.26 Å². The van der Waals surface area contributed by atoms with Crippen LogP contribution in [0.2, 0.25) is 0 Å². The summed E-state index contributed by atoms with van der Waals surface area (Å²) in [5.74, 6) is -0.652. The van der Waals surface area contributed by atoms with E-state index in [1.807, 2.05) is 0 Å². The summed E-state index contributed by atoms with van der Waals surface area (Å²) in [6.45, 7) is 1.53. The SMILES string of the molecule is CO/C(C)=C(\C#N)C(=O)c1ccc(F)cc1. The molecular weight excluding hydrogens is 209 g/mol. The van der Waals surface area contributed by atoms with Gasteiger partial charge in [0.05, 0.1) is 7.11 Å². The highest BCUT2D eigenvalue weighted by Gasteiger charge is 2.15. The van der Waals surface area contributed by atoms with Crippen molar-refractivity contribution in [3.05, 3.63) is 47.0 Å². The molecule has 0 bridgehead atoms. The predicted octanol–water partition coefficient (Wildman–Crippen LogP) is 2.45. The van der Waals surface area contributed by atoms with Gasteiger partial charge in [0.25, 0.3) is 0 Å². The zero-order valence-corrected chi connectivity index (χ0v) is 8.95. The van der Waals surface area contributed by atoms with Gasteiger partial charge in [-0.05, 0) is 31.2 Å². The Labute approximate surface area is 92.8 Å². The van der Waals surface area contributed by atoms with Crippen molar-refractivity contribution in [3.63, 3.8) is 0 Å². The normalized spacial score (nSPS) is 11.4. The predicted molar refractivity (Wildman–Crippen MR) is 56.1 cm³/mol. The number of halogens is 1. The number of allylic oxidation sites excluding steroid dienone is 2. The Bertz CT molecular complexity index is 469. The third-order valence-corrected chi connectivity index (χ3v) is 2.10. The number of methoxy groups -OCH3 is 1. The summed E-state index contributed by atoms with van der Waals surface area (Å²) < 4.78 is 17.5. The maximum Gasteiger partial charge on any atom is 0.206 e. The fourth-order valence-electron chi connectivity index (χ4n) is 1.14. The number of Topliss-reactive ketones (excluding diaryl/α,β-unsaturated/α-hetero) is 1. The Balaban J connectivity index is 3.12. The van der Waals surface area contributed by atoms with Crippen LogP contribution < -0.4 is 0 Å². The monoisotopic (exact) mass is 219 g/mol. The van der Waals surface area contributed by atoms with Crippen molar-refractivity contribution in [3.8, 4) is 6.07 Å². The molecule has 1 rings (SSSR count). The van der Waals surface area contributed by atoms with E-state index in [0.717, 1.165) is 0 Å². The van der Waals surface area contributed by atoms with Gasteiger partial charge in [0.1, 0.15) is 23.2 Å². The van der Waals surface area contributed by atoms with Crippen LogP contribution in [0.3, 0.4) is 0 Å². The average molecular weight is 219 g/mol.